The van der Waals surface area contributed by atoms with E-state index in [2.05, 4.69) is 62.5 Å². The largest absolute Gasteiger partial charge is 0.472 e. The van der Waals surface area contributed by atoms with E-state index >= 15 is 0 Å². The zero-order chi connectivity index (χ0) is 49.0. The molecule has 3 atom stereocenters. The minimum absolute atomic E-state index is 0.181. The van der Waals surface area contributed by atoms with E-state index in [0.29, 0.717) is 12.8 Å². The number of unbranched alkanes of at least 4 members (excludes halogenated alkanes) is 30. The van der Waals surface area contributed by atoms with Gasteiger partial charge in [0.05, 0.1) is 19.8 Å². The van der Waals surface area contributed by atoms with Gasteiger partial charge >= 0.3 is 19.8 Å². The fourth-order valence-corrected chi connectivity index (χ4v) is 8.49. The summed E-state index contributed by atoms with van der Waals surface area (Å²) in [5.74, 6) is -0.924. The van der Waals surface area contributed by atoms with Gasteiger partial charge in [-0.15, -0.1) is 0 Å². The molecular formula is C56H103O10P. The lowest BCUT2D eigenvalue weighted by atomic mass is 10.0. The average Bonchev–Trinajstić information content (AvgIpc) is 3.32. The third kappa shape index (κ3) is 51.6. The summed E-state index contributed by atoms with van der Waals surface area (Å²) in [6.07, 6.45) is 59.3. The van der Waals surface area contributed by atoms with Gasteiger partial charge in [0.25, 0.3) is 0 Å². The lowest BCUT2D eigenvalue weighted by molar-refractivity contribution is -0.161. The molecule has 10 nitrogen and oxygen atoms in total. The van der Waals surface area contributed by atoms with Crippen LogP contribution in [0.15, 0.2) is 48.6 Å². The summed E-state index contributed by atoms with van der Waals surface area (Å²) in [6.45, 7) is 2.40. The number of hydrogen-bond donors (Lipinski definition) is 3. The summed E-state index contributed by atoms with van der Waals surface area (Å²) in [7, 11) is -4.63. The Kier molecular flexibility index (Phi) is 50.2. The van der Waals surface area contributed by atoms with E-state index in [9.17, 15) is 24.2 Å². The number of aliphatic hydroxyl groups excluding tert-OH is 2. The van der Waals surface area contributed by atoms with Crippen molar-refractivity contribution in [1.82, 2.24) is 0 Å². The highest BCUT2D eigenvalue weighted by Crippen LogP contribution is 2.43. The van der Waals surface area contributed by atoms with Crippen LogP contribution in [0.1, 0.15) is 258 Å². The molecule has 3 unspecified atom stereocenters. The standard InChI is InChI=1S/C56H103O10P/c1-3-5-7-9-11-13-15-17-19-21-23-25-26-28-30-32-34-36-38-40-42-44-46-48-56(60)66-54(52-65-67(61,62)64-50-53(58)49-57)51-63-55(59)47-45-43-41-39-37-35-33-31-29-27-24-22-20-18-16-14-12-10-8-6-4-2/h15-18,21-24,53-54,57-58H,3-14,19-20,25-52H2,1-2H3,(H,61,62)/b17-15-,18-16-,23-21-,24-22-. The van der Waals surface area contributed by atoms with Gasteiger partial charge in [0.2, 0.25) is 0 Å². The zero-order valence-electron chi connectivity index (χ0n) is 43.1. The van der Waals surface area contributed by atoms with Gasteiger partial charge in [0, 0.05) is 12.8 Å². The molecule has 0 amide bonds. The van der Waals surface area contributed by atoms with Crippen LogP contribution in [0.4, 0.5) is 0 Å². The fraction of sp³-hybridized carbons (Fsp3) is 0.821. The maximum Gasteiger partial charge on any atom is 0.472 e. The van der Waals surface area contributed by atoms with Crippen LogP contribution in [-0.4, -0.2) is 65.7 Å². The topological polar surface area (TPSA) is 149 Å². The molecule has 0 aromatic rings. The smallest absolute Gasteiger partial charge is 0.462 e. The first-order valence-electron chi connectivity index (χ1n) is 27.6. The average molecular weight is 967 g/mol. The minimum atomic E-state index is -4.63. The van der Waals surface area contributed by atoms with E-state index in [-0.39, 0.29) is 19.4 Å². The number of phosphoric ester groups is 1. The van der Waals surface area contributed by atoms with Crippen LogP contribution < -0.4 is 0 Å². The Bertz CT molecular complexity index is 1250. The predicted octanol–water partition coefficient (Wildman–Crippen LogP) is 16.0. The Morgan fingerprint density at radius 2 is 0.776 bits per heavy atom. The van der Waals surface area contributed by atoms with Crippen molar-refractivity contribution >= 4 is 19.8 Å². The number of esters is 2. The summed E-state index contributed by atoms with van der Waals surface area (Å²) < 4.78 is 32.9. The minimum Gasteiger partial charge on any atom is -0.462 e. The van der Waals surface area contributed by atoms with Crippen molar-refractivity contribution < 1.29 is 47.8 Å². The van der Waals surface area contributed by atoms with E-state index in [1.807, 2.05) is 0 Å². The number of carbonyl (C=O) groups excluding carboxylic acids is 2. The molecular weight excluding hydrogens is 864 g/mol. The fourth-order valence-electron chi connectivity index (χ4n) is 7.70. The van der Waals surface area contributed by atoms with Crippen LogP contribution in [-0.2, 0) is 32.7 Å². The molecule has 3 N–H and O–H groups in total. The van der Waals surface area contributed by atoms with Crippen LogP contribution in [0.3, 0.4) is 0 Å². The van der Waals surface area contributed by atoms with Crippen LogP contribution in [0.2, 0.25) is 0 Å². The number of allylic oxidation sites excluding steroid dienone is 8. The van der Waals surface area contributed by atoms with E-state index < -0.39 is 51.8 Å². The molecule has 0 aliphatic heterocycles. The molecule has 0 spiro atoms. The molecule has 392 valence electrons. The summed E-state index contributed by atoms with van der Waals surface area (Å²) in [5, 5.41) is 18.4. The van der Waals surface area contributed by atoms with Crippen molar-refractivity contribution in [3.8, 4) is 0 Å². The molecule has 0 aliphatic rings. The maximum atomic E-state index is 12.7. The molecule has 0 radical (unpaired) electrons. The van der Waals surface area contributed by atoms with Gasteiger partial charge < -0.3 is 24.6 Å². The zero-order valence-corrected chi connectivity index (χ0v) is 44.0. The monoisotopic (exact) mass is 967 g/mol. The highest BCUT2D eigenvalue weighted by Gasteiger charge is 2.27. The number of hydrogen-bond acceptors (Lipinski definition) is 9. The molecule has 0 rings (SSSR count). The predicted molar refractivity (Wildman–Crippen MR) is 279 cm³/mol. The molecule has 0 saturated carbocycles. The van der Waals surface area contributed by atoms with Crippen molar-refractivity contribution in [2.45, 2.75) is 270 Å². The van der Waals surface area contributed by atoms with E-state index in [4.69, 9.17) is 23.6 Å². The second-order valence-corrected chi connectivity index (χ2v) is 20.1. The third-order valence-electron chi connectivity index (χ3n) is 12.0. The first-order valence-corrected chi connectivity index (χ1v) is 29.1. The quantitative estimate of drug-likeness (QED) is 0.0233. The van der Waals surface area contributed by atoms with Gasteiger partial charge in [-0.2, -0.15) is 0 Å². The second kappa shape index (κ2) is 51.8. The van der Waals surface area contributed by atoms with Gasteiger partial charge in [0.15, 0.2) is 6.10 Å². The van der Waals surface area contributed by atoms with Crippen LogP contribution in [0, 0.1) is 0 Å². The third-order valence-corrected chi connectivity index (χ3v) is 12.9. The van der Waals surface area contributed by atoms with Crippen molar-refractivity contribution in [2.75, 3.05) is 26.4 Å². The van der Waals surface area contributed by atoms with Gasteiger partial charge in [-0.3, -0.25) is 18.6 Å². The molecule has 0 saturated heterocycles. The normalized spacial score (nSPS) is 13.9. The van der Waals surface area contributed by atoms with Crippen LogP contribution in [0.5, 0.6) is 0 Å². The summed E-state index contributed by atoms with van der Waals surface area (Å²) in [6, 6.07) is 0. The van der Waals surface area contributed by atoms with E-state index in [1.165, 1.54) is 161 Å². The summed E-state index contributed by atoms with van der Waals surface area (Å²) >= 11 is 0. The molecule has 0 aromatic carbocycles. The second-order valence-electron chi connectivity index (χ2n) is 18.6. The van der Waals surface area contributed by atoms with Crippen molar-refractivity contribution in [3.05, 3.63) is 48.6 Å². The Hall–Kier alpha value is -2.07. The number of ether oxygens (including phenoxy) is 2. The highest BCUT2D eigenvalue weighted by molar-refractivity contribution is 7.47. The molecule has 0 fully saturated rings. The Balaban J connectivity index is 4.14. The lowest BCUT2D eigenvalue weighted by Crippen LogP contribution is -2.29. The van der Waals surface area contributed by atoms with E-state index in [0.717, 1.165) is 57.8 Å². The SMILES string of the molecule is CCCCCCC/C=C\C/C=C\CCCCCCCCCCCCCC(=O)OC(COC(=O)CCCCCCCCCCC/C=C\C/C=C\CCCCCCC)COP(=O)(O)OCC(O)CO. The number of carbonyl (C=O) groups is 2. The Morgan fingerprint density at radius 3 is 1.15 bits per heavy atom. The summed E-state index contributed by atoms with van der Waals surface area (Å²) in [5.41, 5.74) is 0. The maximum absolute atomic E-state index is 12.7. The summed E-state index contributed by atoms with van der Waals surface area (Å²) in [4.78, 5) is 35.3. The lowest BCUT2D eigenvalue weighted by Gasteiger charge is -2.20. The van der Waals surface area contributed by atoms with Crippen LogP contribution >= 0.6 is 7.82 Å². The van der Waals surface area contributed by atoms with Gasteiger partial charge in [-0.1, -0.05) is 217 Å². The van der Waals surface area contributed by atoms with Crippen LogP contribution in [0.25, 0.3) is 0 Å². The molecule has 67 heavy (non-hydrogen) atoms. The molecule has 0 bridgehead atoms. The number of phosphoric acid groups is 1. The first kappa shape index (κ1) is 64.9. The molecule has 0 heterocycles. The van der Waals surface area contributed by atoms with Gasteiger partial charge in [0.1, 0.15) is 12.7 Å². The van der Waals surface area contributed by atoms with Crippen molar-refractivity contribution in [2.24, 2.45) is 0 Å². The van der Waals surface area contributed by atoms with Gasteiger partial charge in [-0.05, 0) is 77.0 Å². The Morgan fingerprint density at radius 1 is 0.448 bits per heavy atom. The number of aliphatic hydroxyl groups is 2. The van der Waals surface area contributed by atoms with Crippen molar-refractivity contribution in [3.63, 3.8) is 0 Å². The molecule has 0 aliphatic carbocycles. The number of rotatable bonds is 52. The molecule has 0 aromatic heterocycles. The highest BCUT2D eigenvalue weighted by atomic mass is 31.2. The van der Waals surface area contributed by atoms with Gasteiger partial charge in [-0.25, -0.2) is 4.57 Å². The Labute approximate surface area is 411 Å². The van der Waals surface area contributed by atoms with E-state index in [1.54, 1.807) is 0 Å². The first-order chi connectivity index (χ1) is 32.7. The molecule has 11 heteroatoms. The van der Waals surface area contributed by atoms with Crippen molar-refractivity contribution in [1.29, 1.82) is 0 Å².